The summed E-state index contributed by atoms with van der Waals surface area (Å²) in [6, 6.07) is 5.13. The lowest BCUT2D eigenvalue weighted by molar-refractivity contribution is 0.720. The Morgan fingerprint density at radius 2 is 2.33 bits per heavy atom. The van der Waals surface area contributed by atoms with Gasteiger partial charge in [0.1, 0.15) is 0 Å². The summed E-state index contributed by atoms with van der Waals surface area (Å²) >= 11 is 0. The lowest BCUT2D eigenvalue weighted by Gasteiger charge is -2.05. The van der Waals surface area contributed by atoms with Crippen LogP contribution in [-0.4, -0.2) is 4.98 Å². The molecule has 0 aliphatic carbocycles. The molecule has 0 aliphatic rings. The van der Waals surface area contributed by atoms with Crippen LogP contribution in [0.15, 0.2) is 18.3 Å². The molecule has 0 fully saturated rings. The lowest BCUT2D eigenvalue weighted by Crippen LogP contribution is -2.10. The molecule has 1 heterocycles. The molecule has 0 bridgehead atoms. The number of pyridine rings is 1. The highest BCUT2D eigenvalue weighted by Crippen LogP contribution is 2.11. The van der Waals surface area contributed by atoms with Crippen molar-refractivity contribution in [3.05, 3.63) is 24.0 Å². The minimum atomic E-state index is -0.310. The SMILES string of the molecule is N#CC[C@H](N)c1ccc(N)cn1. The van der Waals surface area contributed by atoms with Gasteiger partial charge in [-0.1, -0.05) is 0 Å². The summed E-state index contributed by atoms with van der Waals surface area (Å²) in [5.41, 5.74) is 12.4. The first-order valence-electron chi connectivity index (χ1n) is 3.58. The van der Waals surface area contributed by atoms with Crippen molar-refractivity contribution < 1.29 is 0 Å². The molecule has 0 unspecified atom stereocenters. The van der Waals surface area contributed by atoms with Crippen LogP contribution in [0.1, 0.15) is 18.2 Å². The first-order chi connectivity index (χ1) is 5.74. The average molecular weight is 162 g/mol. The van der Waals surface area contributed by atoms with E-state index in [9.17, 15) is 0 Å². The van der Waals surface area contributed by atoms with E-state index in [2.05, 4.69) is 4.98 Å². The van der Waals surface area contributed by atoms with Crippen LogP contribution in [0.4, 0.5) is 5.69 Å². The molecule has 62 valence electrons. The summed E-state index contributed by atoms with van der Waals surface area (Å²) in [4.78, 5) is 4.00. The molecule has 0 saturated carbocycles. The quantitative estimate of drug-likeness (QED) is 0.665. The summed E-state index contributed by atoms with van der Waals surface area (Å²) in [5.74, 6) is 0. The number of hydrogen-bond donors (Lipinski definition) is 2. The van der Waals surface area contributed by atoms with Gasteiger partial charge in [-0.3, -0.25) is 4.98 Å². The van der Waals surface area contributed by atoms with Crippen LogP contribution in [0.5, 0.6) is 0 Å². The van der Waals surface area contributed by atoms with E-state index >= 15 is 0 Å². The Balaban J connectivity index is 2.76. The smallest absolute Gasteiger partial charge is 0.0642 e. The Hall–Kier alpha value is -1.60. The van der Waals surface area contributed by atoms with Crippen molar-refractivity contribution in [3.63, 3.8) is 0 Å². The predicted octanol–water partition coefficient (Wildman–Crippen LogP) is 0.577. The van der Waals surface area contributed by atoms with Gasteiger partial charge >= 0.3 is 0 Å². The van der Waals surface area contributed by atoms with Gasteiger partial charge in [-0.15, -0.1) is 0 Å². The van der Waals surface area contributed by atoms with Gasteiger partial charge in [0.05, 0.1) is 36.1 Å². The number of hydrogen-bond acceptors (Lipinski definition) is 4. The number of nitrogens with two attached hydrogens (primary N) is 2. The van der Waals surface area contributed by atoms with Gasteiger partial charge < -0.3 is 11.5 Å². The van der Waals surface area contributed by atoms with Crippen molar-refractivity contribution in [2.45, 2.75) is 12.5 Å². The fourth-order valence-electron chi connectivity index (χ4n) is 0.839. The summed E-state index contributed by atoms with van der Waals surface area (Å²) < 4.78 is 0. The van der Waals surface area contributed by atoms with E-state index < -0.39 is 0 Å². The molecule has 12 heavy (non-hydrogen) atoms. The van der Waals surface area contributed by atoms with E-state index in [4.69, 9.17) is 16.7 Å². The predicted molar refractivity (Wildman–Crippen MR) is 45.8 cm³/mol. The van der Waals surface area contributed by atoms with Gasteiger partial charge in [0.15, 0.2) is 0 Å². The Labute approximate surface area is 70.8 Å². The fourth-order valence-corrected chi connectivity index (χ4v) is 0.839. The standard InChI is InChI=1S/C8H10N4/c9-4-3-7(11)8-2-1-6(10)5-12-8/h1-2,5,7H,3,10-11H2/t7-/m0/s1. The van der Waals surface area contributed by atoms with Crippen LogP contribution < -0.4 is 11.5 Å². The van der Waals surface area contributed by atoms with Crippen molar-refractivity contribution >= 4 is 5.69 Å². The number of aromatic nitrogens is 1. The van der Waals surface area contributed by atoms with E-state index in [0.717, 1.165) is 0 Å². The van der Waals surface area contributed by atoms with Gasteiger partial charge in [-0.25, -0.2) is 0 Å². The fraction of sp³-hybridized carbons (Fsp3) is 0.250. The van der Waals surface area contributed by atoms with Crippen LogP contribution >= 0.6 is 0 Å². The van der Waals surface area contributed by atoms with Gasteiger partial charge in [0, 0.05) is 0 Å². The molecular formula is C8H10N4. The number of anilines is 1. The van der Waals surface area contributed by atoms with Crippen molar-refractivity contribution in [2.75, 3.05) is 5.73 Å². The van der Waals surface area contributed by atoms with Crippen LogP contribution in [0.3, 0.4) is 0 Å². The van der Waals surface area contributed by atoms with E-state index in [1.165, 1.54) is 6.20 Å². The normalized spacial score (nSPS) is 12.0. The molecule has 1 atom stereocenters. The highest BCUT2D eigenvalue weighted by atomic mass is 14.8. The van der Waals surface area contributed by atoms with E-state index in [0.29, 0.717) is 11.4 Å². The molecule has 4 nitrogen and oxygen atoms in total. The highest BCUT2D eigenvalue weighted by Gasteiger charge is 2.05. The molecule has 0 amide bonds. The first-order valence-corrected chi connectivity index (χ1v) is 3.58. The minimum Gasteiger partial charge on any atom is -0.397 e. The Kier molecular flexibility index (Phi) is 2.62. The monoisotopic (exact) mass is 162 g/mol. The molecule has 0 aromatic carbocycles. The molecule has 0 saturated heterocycles. The molecular weight excluding hydrogens is 152 g/mol. The molecule has 0 radical (unpaired) electrons. The maximum Gasteiger partial charge on any atom is 0.0642 e. The summed E-state index contributed by atoms with van der Waals surface area (Å²) in [6.07, 6.45) is 1.81. The zero-order chi connectivity index (χ0) is 8.97. The topological polar surface area (TPSA) is 88.7 Å². The summed E-state index contributed by atoms with van der Waals surface area (Å²) in [5, 5.41) is 8.37. The first kappa shape index (κ1) is 8.50. The molecule has 4 heteroatoms. The second-order valence-corrected chi connectivity index (χ2v) is 2.49. The third kappa shape index (κ3) is 1.94. The second-order valence-electron chi connectivity index (χ2n) is 2.49. The van der Waals surface area contributed by atoms with Crippen LogP contribution in [-0.2, 0) is 0 Å². The summed E-state index contributed by atoms with van der Waals surface area (Å²) in [7, 11) is 0. The van der Waals surface area contributed by atoms with E-state index in [1.54, 1.807) is 12.1 Å². The van der Waals surface area contributed by atoms with Crippen LogP contribution in [0.25, 0.3) is 0 Å². The van der Waals surface area contributed by atoms with Crippen molar-refractivity contribution in [2.24, 2.45) is 5.73 Å². The number of rotatable bonds is 2. The maximum atomic E-state index is 8.37. The second kappa shape index (κ2) is 3.69. The third-order valence-corrected chi connectivity index (χ3v) is 1.50. The van der Waals surface area contributed by atoms with Crippen molar-refractivity contribution in [3.8, 4) is 6.07 Å². The minimum absolute atomic E-state index is 0.275. The Bertz CT molecular complexity index is 285. The zero-order valence-electron chi connectivity index (χ0n) is 6.57. The average Bonchev–Trinajstić information content (AvgIpc) is 2.06. The van der Waals surface area contributed by atoms with Gasteiger partial charge in [-0.05, 0) is 12.1 Å². The number of nitrogen functional groups attached to an aromatic ring is 1. The lowest BCUT2D eigenvalue weighted by atomic mass is 10.1. The molecule has 1 aromatic heterocycles. The summed E-state index contributed by atoms with van der Waals surface area (Å²) in [6.45, 7) is 0. The largest absolute Gasteiger partial charge is 0.397 e. The van der Waals surface area contributed by atoms with Gasteiger partial charge in [0.25, 0.3) is 0 Å². The molecule has 0 spiro atoms. The zero-order valence-corrected chi connectivity index (χ0v) is 6.57. The van der Waals surface area contributed by atoms with Crippen molar-refractivity contribution in [1.82, 2.24) is 4.98 Å². The highest BCUT2D eigenvalue weighted by molar-refractivity contribution is 5.35. The van der Waals surface area contributed by atoms with Crippen LogP contribution in [0, 0.1) is 11.3 Å². The van der Waals surface area contributed by atoms with Gasteiger partial charge in [-0.2, -0.15) is 5.26 Å². The molecule has 0 aliphatic heterocycles. The molecule has 1 rings (SSSR count). The number of nitrogens with zero attached hydrogens (tertiary/aromatic N) is 2. The maximum absolute atomic E-state index is 8.37. The molecule has 1 aromatic rings. The third-order valence-electron chi connectivity index (χ3n) is 1.50. The van der Waals surface area contributed by atoms with Crippen molar-refractivity contribution in [1.29, 1.82) is 5.26 Å². The van der Waals surface area contributed by atoms with Crippen LogP contribution in [0.2, 0.25) is 0 Å². The Morgan fingerprint density at radius 3 is 2.83 bits per heavy atom. The number of nitriles is 1. The molecule has 4 N–H and O–H groups in total. The van der Waals surface area contributed by atoms with E-state index in [1.807, 2.05) is 6.07 Å². The van der Waals surface area contributed by atoms with Gasteiger partial charge in [0.2, 0.25) is 0 Å². The van der Waals surface area contributed by atoms with E-state index in [-0.39, 0.29) is 12.5 Å². The Morgan fingerprint density at radius 1 is 1.58 bits per heavy atom.